The van der Waals surface area contributed by atoms with Crippen LogP contribution in [0.1, 0.15) is 0 Å². The van der Waals surface area contributed by atoms with E-state index in [1.54, 1.807) is 0 Å². The summed E-state index contributed by atoms with van der Waals surface area (Å²) in [5, 5.41) is 4.95. The van der Waals surface area contributed by atoms with Crippen LogP contribution in [0.5, 0.6) is 0 Å². The van der Waals surface area contributed by atoms with E-state index in [9.17, 15) is 0 Å². The van der Waals surface area contributed by atoms with Crippen molar-refractivity contribution in [1.82, 2.24) is 19.1 Å². The van der Waals surface area contributed by atoms with Crippen molar-refractivity contribution in [3.8, 4) is 45.1 Å². The van der Waals surface area contributed by atoms with Crippen molar-refractivity contribution >= 4 is 74.6 Å². The topological polar surface area (TPSA) is 35.6 Å². The van der Waals surface area contributed by atoms with Gasteiger partial charge in [0.15, 0.2) is 0 Å². The number of benzene rings is 9. The summed E-state index contributed by atoms with van der Waals surface area (Å²) >= 11 is -3.76. The van der Waals surface area contributed by atoms with Gasteiger partial charge in [-0.05, 0) is 12.1 Å². The molecule has 0 bridgehead atoms. The summed E-state index contributed by atoms with van der Waals surface area (Å²) in [6, 6.07) is 84.0. The Morgan fingerprint density at radius 1 is 0.365 bits per heavy atom. The van der Waals surface area contributed by atoms with Crippen LogP contribution in [0.2, 0.25) is 0 Å². The van der Waals surface area contributed by atoms with E-state index in [0.29, 0.717) is 0 Å². The van der Waals surface area contributed by atoms with Gasteiger partial charge in [-0.3, -0.25) is 0 Å². The first-order valence-corrected chi connectivity index (χ1v) is 25.8. The van der Waals surface area contributed by atoms with Gasteiger partial charge in [0.2, 0.25) is 0 Å². The number of fused-ring (bicyclic) bond motifs is 10. The van der Waals surface area contributed by atoms with Gasteiger partial charge in [-0.15, -0.1) is 0 Å². The maximum absolute atomic E-state index is 5.78. The third-order valence-corrected chi connectivity index (χ3v) is 23.1. The molecule has 9 aromatic carbocycles. The molecule has 0 N–H and O–H groups in total. The Morgan fingerprint density at radius 3 is 1.51 bits per heavy atom. The Balaban J connectivity index is 1.16. The molecule has 1 aliphatic heterocycles. The molecule has 0 atom stereocenters. The van der Waals surface area contributed by atoms with Crippen molar-refractivity contribution in [1.29, 1.82) is 0 Å². The predicted octanol–water partition coefficient (Wildman–Crippen LogP) is 11.4. The first-order chi connectivity index (χ1) is 31.3. The molecule has 63 heavy (non-hydrogen) atoms. The van der Waals surface area contributed by atoms with Gasteiger partial charge in [0.05, 0.1) is 0 Å². The maximum atomic E-state index is 5.78. The molecule has 0 fully saturated rings. The van der Waals surface area contributed by atoms with Crippen LogP contribution in [0, 0.1) is 0 Å². The average Bonchev–Trinajstić information content (AvgIpc) is 3.99. The molecule has 5 heteroatoms. The Labute approximate surface area is 367 Å². The van der Waals surface area contributed by atoms with E-state index in [1.807, 2.05) is 0 Å². The monoisotopic (exact) mass is 864 g/mol. The van der Waals surface area contributed by atoms with Crippen LogP contribution in [0.4, 0.5) is 0 Å². The van der Waals surface area contributed by atoms with Gasteiger partial charge in [-0.25, -0.2) is 0 Å². The van der Waals surface area contributed by atoms with E-state index >= 15 is 0 Å². The molecule has 0 amide bonds. The average molecular weight is 864 g/mol. The number of aromatic nitrogens is 4. The van der Waals surface area contributed by atoms with Gasteiger partial charge in [-0.1, -0.05) is 24.3 Å². The van der Waals surface area contributed by atoms with Crippen LogP contribution >= 0.6 is 0 Å². The number of rotatable bonds is 6. The van der Waals surface area contributed by atoms with E-state index in [2.05, 4.69) is 240 Å². The first kappa shape index (κ1) is 35.9. The predicted molar refractivity (Wildman–Crippen MR) is 264 cm³/mol. The molecule has 4 heterocycles. The van der Waals surface area contributed by atoms with Crippen LogP contribution in [-0.4, -0.2) is 32.4 Å². The fourth-order valence-corrected chi connectivity index (χ4v) is 21.2. The quantitative estimate of drug-likeness (QED) is 0.156. The normalized spacial score (nSPS) is 12.9. The summed E-state index contributed by atoms with van der Waals surface area (Å²) in [7, 11) is 0. The molecule has 0 radical (unpaired) electrons. The molecule has 0 saturated carbocycles. The Bertz CT molecular complexity index is 3690. The molecular formula is C58H38GeN4. The Morgan fingerprint density at radius 2 is 0.857 bits per heavy atom. The van der Waals surface area contributed by atoms with Gasteiger partial charge in [0.1, 0.15) is 0 Å². The Kier molecular flexibility index (Phi) is 8.05. The molecule has 0 saturated heterocycles. The van der Waals surface area contributed by atoms with Gasteiger partial charge >= 0.3 is 333 Å². The van der Waals surface area contributed by atoms with E-state index in [0.717, 1.165) is 50.6 Å². The van der Waals surface area contributed by atoms with Gasteiger partial charge < -0.3 is 0 Å². The molecular weight excluding hydrogens is 825 g/mol. The number of para-hydroxylation sites is 4. The second-order valence-corrected chi connectivity index (χ2v) is 24.1. The van der Waals surface area contributed by atoms with Crippen LogP contribution in [0.25, 0.3) is 88.8 Å². The number of nitrogens with zero attached hydrogens (tertiary/aromatic N) is 4. The van der Waals surface area contributed by atoms with Crippen LogP contribution in [0.3, 0.4) is 0 Å². The van der Waals surface area contributed by atoms with Crippen molar-refractivity contribution in [2.24, 2.45) is 0 Å². The van der Waals surface area contributed by atoms with Gasteiger partial charge in [0, 0.05) is 0 Å². The molecule has 0 aliphatic carbocycles. The summed E-state index contributed by atoms with van der Waals surface area (Å²) in [6.07, 6.45) is 0. The minimum absolute atomic E-state index is 0.742. The van der Waals surface area contributed by atoms with Crippen molar-refractivity contribution in [3.05, 3.63) is 231 Å². The SMILES string of the molecule is c1ccc(-c2nc(-c3ccccc3-n3c4ccccc4c4c5c6ccccc6n(-c6ccccc6)c5ccc43)c3[c](n2)[Ge]([c]2ccccc2)([c]2ccccc2)[c]2ccccc2-3)cc1. The molecule has 13 rings (SSSR count). The van der Waals surface area contributed by atoms with E-state index in [-0.39, 0.29) is 0 Å². The van der Waals surface area contributed by atoms with Crippen molar-refractivity contribution in [3.63, 3.8) is 0 Å². The Hall–Kier alpha value is -7.80. The zero-order valence-corrected chi connectivity index (χ0v) is 36.3. The molecule has 294 valence electrons. The molecule has 0 unspecified atom stereocenters. The summed E-state index contributed by atoms with van der Waals surface area (Å²) in [5.41, 5.74) is 12.3. The summed E-state index contributed by atoms with van der Waals surface area (Å²) < 4.78 is 10.2. The summed E-state index contributed by atoms with van der Waals surface area (Å²) in [6.45, 7) is 0. The standard InChI is InChI=1S/C58H38GeN4/c1-5-21-39(22-6-1)58-60-56(55-43-29-13-17-33-47(43)59(57(55)61-58,40-23-7-2-8-24-40)41-25-9-3-10-26-41)46-32-16-20-36-50(46)63-49-35-19-15-31-45(49)54-52(63)38-37-51-53(54)44-30-14-18-34-48(44)62(51)42-27-11-4-12-28-42/h1-38H. The second-order valence-electron chi connectivity index (χ2n) is 16.4. The fraction of sp³-hybridized carbons (Fsp3) is 0. The van der Waals surface area contributed by atoms with Gasteiger partial charge in [0.25, 0.3) is 0 Å². The molecule has 12 aromatic rings. The van der Waals surface area contributed by atoms with Crippen LogP contribution in [0.15, 0.2) is 231 Å². The van der Waals surface area contributed by atoms with E-state index in [4.69, 9.17) is 9.97 Å². The fourth-order valence-electron chi connectivity index (χ4n) is 10.7. The van der Waals surface area contributed by atoms with E-state index < -0.39 is 13.3 Å². The molecule has 4 nitrogen and oxygen atoms in total. The van der Waals surface area contributed by atoms with E-state index in [1.165, 1.54) is 55.9 Å². The second kappa shape index (κ2) is 14.1. The van der Waals surface area contributed by atoms with Crippen LogP contribution < -0.4 is 17.7 Å². The van der Waals surface area contributed by atoms with Crippen molar-refractivity contribution < 1.29 is 0 Å². The molecule has 1 aliphatic rings. The molecule has 0 spiro atoms. The van der Waals surface area contributed by atoms with Gasteiger partial charge in [-0.2, -0.15) is 0 Å². The third-order valence-electron chi connectivity index (χ3n) is 13.2. The minimum atomic E-state index is -3.76. The first-order valence-electron chi connectivity index (χ1n) is 21.6. The summed E-state index contributed by atoms with van der Waals surface area (Å²) in [5.74, 6) is 0.742. The molecule has 3 aromatic heterocycles. The zero-order valence-electron chi connectivity index (χ0n) is 34.2. The van der Waals surface area contributed by atoms with Crippen molar-refractivity contribution in [2.75, 3.05) is 0 Å². The van der Waals surface area contributed by atoms with Crippen LogP contribution in [-0.2, 0) is 0 Å². The zero-order chi connectivity index (χ0) is 41.5. The summed E-state index contributed by atoms with van der Waals surface area (Å²) in [4.78, 5) is 11.5. The number of hydrogen-bond acceptors (Lipinski definition) is 2. The number of hydrogen-bond donors (Lipinski definition) is 0. The van der Waals surface area contributed by atoms with Crippen molar-refractivity contribution in [2.45, 2.75) is 0 Å². The third kappa shape index (κ3) is 5.16.